The third-order valence-electron chi connectivity index (χ3n) is 12.2. The highest BCUT2D eigenvalue weighted by molar-refractivity contribution is 7.99. The maximum absolute atomic E-state index is 5.02. The summed E-state index contributed by atoms with van der Waals surface area (Å²) >= 11 is 1.88. The second kappa shape index (κ2) is 13.9. The third kappa shape index (κ3) is 5.42. The van der Waals surface area contributed by atoms with Crippen LogP contribution in [-0.4, -0.2) is 15.0 Å². The van der Waals surface area contributed by atoms with Crippen LogP contribution in [0.1, 0.15) is 22.3 Å². The molecule has 280 valence electrons. The summed E-state index contributed by atoms with van der Waals surface area (Å²) in [6.45, 7) is 0. The molecule has 1 aliphatic carbocycles. The molecule has 60 heavy (non-hydrogen) atoms. The van der Waals surface area contributed by atoms with E-state index in [2.05, 4.69) is 152 Å². The van der Waals surface area contributed by atoms with Gasteiger partial charge in [0.25, 0.3) is 0 Å². The monoisotopic (exact) mass is 781 g/mol. The van der Waals surface area contributed by atoms with Gasteiger partial charge in [-0.25, -0.2) is 15.0 Å². The molecular weight excluding hydrogens is 747 g/mol. The molecule has 2 heterocycles. The predicted octanol–water partition coefficient (Wildman–Crippen LogP) is 14.2. The fourth-order valence-corrected chi connectivity index (χ4v) is 10.7. The Labute approximate surface area is 353 Å². The average molecular weight is 782 g/mol. The first-order valence-corrected chi connectivity index (χ1v) is 21.2. The molecule has 4 heteroatoms. The van der Waals surface area contributed by atoms with Crippen LogP contribution in [-0.2, 0) is 5.41 Å². The SMILES string of the molecule is c1ccc(-c2nc(-c3ccccc3)nc(-c3cccc(-c4cccc(-c5ccc6c(c5)C5(c7ccccc7Sc7ccccc75)c5c-6ccc6ccccc56)c4)c3)n2)cc1. The fourth-order valence-electron chi connectivity index (χ4n) is 9.51. The van der Waals surface area contributed by atoms with E-state index in [1.165, 1.54) is 65.1 Å². The van der Waals surface area contributed by atoms with Crippen molar-refractivity contribution in [2.75, 3.05) is 0 Å². The Kier molecular flexibility index (Phi) is 8.00. The van der Waals surface area contributed by atoms with E-state index >= 15 is 0 Å². The summed E-state index contributed by atoms with van der Waals surface area (Å²) in [4.78, 5) is 17.6. The van der Waals surface area contributed by atoms with Gasteiger partial charge in [0.05, 0.1) is 5.41 Å². The molecule has 0 unspecified atom stereocenters. The number of rotatable bonds is 5. The summed E-state index contributed by atoms with van der Waals surface area (Å²) in [6.07, 6.45) is 0. The number of nitrogens with zero attached hydrogens (tertiary/aromatic N) is 3. The molecule has 0 N–H and O–H groups in total. The summed E-state index contributed by atoms with van der Waals surface area (Å²) in [5, 5.41) is 2.56. The van der Waals surface area contributed by atoms with Crippen LogP contribution in [0.5, 0.6) is 0 Å². The lowest BCUT2D eigenvalue weighted by molar-refractivity contribution is 0.728. The van der Waals surface area contributed by atoms with Crippen LogP contribution in [0.25, 0.3) is 78.3 Å². The van der Waals surface area contributed by atoms with Crippen molar-refractivity contribution in [3.8, 4) is 67.5 Å². The molecule has 10 aromatic rings. The first kappa shape index (κ1) is 34.6. The normalized spacial score (nSPS) is 13.1. The van der Waals surface area contributed by atoms with Crippen molar-refractivity contribution in [1.82, 2.24) is 15.0 Å². The Balaban J connectivity index is 1.00. The molecule has 0 fully saturated rings. The minimum absolute atomic E-state index is 0.479. The van der Waals surface area contributed by atoms with Gasteiger partial charge in [-0.15, -0.1) is 0 Å². The Morgan fingerprint density at radius 1 is 0.317 bits per heavy atom. The van der Waals surface area contributed by atoms with Gasteiger partial charge in [0, 0.05) is 26.5 Å². The van der Waals surface area contributed by atoms with E-state index in [0.29, 0.717) is 17.5 Å². The van der Waals surface area contributed by atoms with Gasteiger partial charge < -0.3 is 0 Å². The summed E-state index contributed by atoms with van der Waals surface area (Å²) in [6, 6.07) is 76.5. The highest BCUT2D eigenvalue weighted by Crippen LogP contribution is 2.63. The maximum Gasteiger partial charge on any atom is 0.164 e. The topological polar surface area (TPSA) is 38.7 Å². The third-order valence-corrected chi connectivity index (χ3v) is 13.3. The number of hydrogen-bond donors (Lipinski definition) is 0. The highest BCUT2D eigenvalue weighted by atomic mass is 32.2. The Morgan fingerprint density at radius 2 is 0.783 bits per heavy atom. The van der Waals surface area contributed by atoms with Crippen molar-refractivity contribution >= 4 is 22.5 Å². The molecule has 0 atom stereocenters. The molecule has 1 spiro atoms. The van der Waals surface area contributed by atoms with Gasteiger partial charge in [0.15, 0.2) is 17.5 Å². The second-order valence-electron chi connectivity index (χ2n) is 15.5. The van der Waals surface area contributed by atoms with Gasteiger partial charge in [-0.1, -0.05) is 194 Å². The Hall–Kier alpha value is -7.40. The average Bonchev–Trinajstić information content (AvgIpc) is 3.62. The van der Waals surface area contributed by atoms with Crippen molar-refractivity contribution < 1.29 is 0 Å². The molecule has 0 radical (unpaired) electrons. The Bertz CT molecular complexity index is 3200. The van der Waals surface area contributed by atoms with E-state index in [9.17, 15) is 0 Å². The van der Waals surface area contributed by atoms with E-state index in [4.69, 9.17) is 15.0 Å². The van der Waals surface area contributed by atoms with Crippen LogP contribution in [0.3, 0.4) is 0 Å². The lowest BCUT2D eigenvalue weighted by Crippen LogP contribution is -2.32. The van der Waals surface area contributed by atoms with E-state index in [1.807, 2.05) is 72.4 Å². The van der Waals surface area contributed by atoms with Gasteiger partial charge >= 0.3 is 0 Å². The molecular formula is C56H35N3S. The van der Waals surface area contributed by atoms with Crippen LogP contribution >= 0.6 is 11.8 Å². The van der Waals surface area contributed by atoms with E-state index in [0.717, 1.165) is 27.8 Å². The summed E-state index contributed by atoms with van der Waals surface area (Å²) in [5.74, 6) is 1.94. The molecule has 2 aliphatic rings. The number of hydrogen-bond acceptors (Lipinski definition) is 4. The quantitative estimate of drug-likeness (QED) is 0.174. The van der Waals surface area contributed by atoms with Crippen LogP contribution in [0.4, 0.5) is 0 Å². The maximum atomic E-state index is 5.02. The predicted molar refractivity (Wildman–Crippen MR) is 246 cm³/mol. The van der Waals surface area contributed by atoms with Gasteiger partial charge in [0.2, 0.25) is 0 Å². The Morgan fingerprint density at radius 3 is 1.42 bits per heavy atom. The first-order chi connectivity index (χ1) is 29.7. The lowest BCUT2D eigenvalue weighted by atomic mass is 9.66. The molecule has 3 nitrogen and oxygen atoms in total. The minimum atomic E-state index is -0.479. The van der Waals surface area contributed by atoms with E-state index in [1.54, 1.807) is 0 Å². The summed E-state index contributed by atoms with van der Waals surface area (Å²) in [7, 11) is 0. The molecule has 12 rings (SSSR count). The van der Waals surface area contributed by atoms with Crippen molar-refractivity contribution in [2.45, 2.75) is 15.2 Å². The van der Waals surface area contributed by atoms with E-state index in [-0.39, 0.29) is 0 Å². The number of fused-ring (bicyclic) bond motifs is 11. The zero-order valence-electron chi connectivity index (χ0n) is 32.5. The molecule has 0 amide bonds. The molecule has 0 bridgehead atoms. The van der Waals surface area contributed by atoms with Crippen molar-refractivity contribution in [1.29, 1.82) is 0 Å². The first-order valence-electron chi connectivity index (χ1n) is 20.3. The number of benzene rings is 9. The minimum Gasteiger partial charge on any atom is -0.208 e. The van der Waals surface area contributed by atoms with Gasteiger partial charge in [-0.3, -0.25) is 0 Å². The van der Waals surface area contributed by atoms with Gasteiger partial charge in [-0.2, -0.15) is 0 Å². The summed E-state index contributed by atoms with van der Waals surface area (Å²) in [5.41, 5.74) is 14.9. The van der Waals surface area contributed by atoms with E-state index < -0.39 is 5.41 Å². The van der Waals surface area contributed by atoms with Gasteiger partial charge in [-0.05, 0) is 96.7 Å². The molecule has 1 aromatic heterocycles. The molecule has 1 aliphatic heterocycles. The van der Waals surface area contributed by atoms with Crippen LogP contribution < -0.4 is 0 Å². The van der Waals surface area contributed by atoms with Gasteiger partial charge in [0.1, 0.15) is 0 Å². The summed E-state index contributed by atoms with van der Waals surface area (Å²) < 4.78 is 0. The smallest absolute Gasteiger partial charge is 0.164 e. The largest absolute Gasteiger partial charge is 0.208 e. The van der Waals surface area contributed by atoms with Crippen LogP contribution in [0.15, 0.2) is 222 Å². The lowest BCUT2D eigenvalue weighted by Gasteiger charge is -2.40. The zero-order chi connectivity index (χ0) is 39.6. The fraction of sp³-hybridized carbons (Fsp3) is 0.0179. The molecule has 0 saturated carbocycles. The number of aromatic nitrogens is 3. The van der Waals surface area contributed by atoms with Crippen molar-refractivity contribution in [3.63, 3.8) is 0 Å². The van der Waals surface area contributed by atoms with Crippen molar-refractivity contribution in [2.24, 2.45) is 0 Å². The standard InChI is InChI=1S/C56H35N3S/c1-3-16-37(17-4-1)53-57-54(38-18-5-2-6-19-38)59-55(58-53)43-23-14-22-41(34-43)39-20-13-21-40(33-39)42-30-31-45-46-32-29-36-15-7-8-24-44(36)52(46)56(49(45)35-42)47-25-9-11-27-50(47)60-51-28-12-10-26-48(51)56/h1-35H. The zero-order valence-corrected chi connectivity index (χ0v) is 33.3. The van der Waals surface area contributed by atoms with Crippen LogP contribution in [0, 0.1) is 0 Å². The highest BCUT2D eigenvalue weighted by Gasteiger charge is 2.51. The van der Waals surface area contributed by atoms with Crippen molar-refractivity contribution in [3.05, 3.63) is 235 Å². The molecule has 9 aromatic carbocycles. The second-order valence-corrected chi connectivity index (χ2v) is 16.6. The van der Waals surface area contributed by atoms with Crippen LogP contribution in [0.2, 0.25) is 0 Å². The molecule has 0 saturated heterocycles.